The van der Waals surface area contributed by atoms with Crippen LogP contribution in [0, 0.1) is 29.5 Å². The van der Waals surface area contributed by atoms with Gasteiger partial charge >= 0.3 is 0 Å². The van der Waals surface area contributed by atoms with Crippen LogP contribution in [0.5, 0.6) is 0 Å². The summed E-state index contributed by atoms with van der Waals surface area (Å²) in [5.74, 6) is 6.98. The van der Waals surface area contributed by atoms with E-state index in [9.17, 15) is 4.39 Å². The molecule has 0 saturated carbocycles. The lowest BCUT2D eigenvalue weighted by Crippen LogP contribution is -2.21. The standard InChI is InChI=1S/C18H24FNO/c1-14(2)17-6-7-20(13-17)12-16-9-15(5-3-4-8-21)10-18(19)11-16/h9-11,14,17,21H,4,6-8,12-13H2,1-2H3. The first-order valence-corrected chi connectivity index (χ1v) is 7.70. The van der Waals surface area contributed by atoms with Crippen LogP contribution in [0.3, 0.4) is 0 Å². The molecule has 1 aromatic carbocycles. The zero-order chi connectivity index (χ0) is 15.2. The highest BCUT2D eigenvalue weighted by Crippen LogP contribution is 2.25. The molecule has 1 fully saturated rings. The van der Waals surface area contributed by atoms with Crippen molar-refractivity contribution < 1.29 is 9.50 Å². The minimum absolute atomic E-state index is 0.0412. The van der Waals surface area contributed by atoms with Gasteiger partial charge in [0.25, 0.3) is 0 Å². The van der Waals surface area contributed by atoms with Gasteiger partial charge in [-0.2, -0.15) is 0 Å². The topological polar surface area (TPSA) is 23.5 Å². The third kappa shape index (κ3) is 4.84. The highest BCUT2D eigenvalue weighted by Gasteiger charge is 2.24. The molecule has 1 saturated heterocycles. The first-order valence-electron chi connectivity index (χ1n) is 7.70. The molecule has 1 N–H and O–H groups in total. The van der Waals surface area contributed by atoms with Crippen LogP contribution in [0.25, 0.3) is 0 Å². The summed E-state index contributed by atoms with van der Waals surface area (Å²) in [4.78, 5) is 2.39. The van der Waals surface area contributed by atoms with E-state index in [0.717, 1.165) is 31.1 Å². The molecule has 1 aliphatic rings. The number of likely N-dealkylation sites (tertiary alicyclic amines) is 1. The van der Waals surface area contributed by atoms with E-state index >= 15 is 0 Å². The Kier molecular flexibility index (Phi) is 5.78. The van der Waals surface area contributed by atoms with Crippen LogP contribution in [0.2, 0.25) is 0 Å². The van der Waals surface area contributed by atoms with E-state index in [1.54, 1.807) is 6.07 Å². The van der Waals surface area contributed by atoms with Crippen LogP contribution in [0.1, 0.15) is 37.8 Å². The Labute approximate surface area is 127 Å². The van der Waals surface area contributed by atoms with Gasteiger partial charge in [0.05, 0.1) is 6.61 Å². The molecule has 1 heterocycles. The fourth-order valence-corrected chi connectivity index (χ4v) is 2.84. The lowest BCUT2D eigenvalue weighted by molar-refractivity contribution is 0.296. The predicted molar refractivity (Wildman–Crippen MR) is 83.2 cm³/mol. The van der Waals surface area contributed by atoms with Gasteiger partial charge in [-0.15, -0.1) is 0 Å². The molecule has 0 amide bonds. The number of aliphatic hydroxyl groups is 1. The molecule has 2 nitrogen and oxygen atoms in total. The largest absolute Gasteiger partial charge is 0.395 e. The number of nitrogens with zero attached hydrogens (tertiary/aromatic N) is 1. The maximum Gasteiger partial charge on any atom is 0.124 e. The Balaban J connectivity index is 2.02. The van der Waals surface area contributed by atoms with Crippen LogP contribution >= 0.6 is 0 Å². The summed E-state index contributed by atoms with van der Waals surface area (Å²) in [5.41, 5.74) is 1.67. The van der Waals surface area contributed by atoms with Gasteiger partial charge < -0.3 is 5.11 Å². The van der Waals surface area contributed by atoms with Crippen molar-refractivity contribution in [1.29, 1.82) is 0 Å². The SMILES string of the molecule is CC(C)C1CCN(Cc2cc(F)cc(C#CCCO)c2)C1. The van der Waals surface area contributed by atoms with Crippen molar-refractivity contribution in [1.82, 2.24) is 4.90 Å². The quantitative estimate of drug-likeness (QED) is 0.861. The first kappa shape index (κ1) is 16.0. The summed E-state index contributed by atoms with van der Waals surface area (Å²) < 4.78 is 13.7. The molecule has 2 rings (SSSR count). The summed E-state index contributed by atoms with van der Waals surface area (Å²) in [6.45, 7) is 7.55. The maximum absolute atomic E-state index is 13.7. The van der Waals surface area contributed by atoms with Gasteiger partial charge in [-0.3, -0.25) is 4.90 Å². The van der Waals surface area contributed by atoms with Crippen molar-refractivity contribution in [2.24, 2.45) is 11.8 Å². The molecule has 0 aliphatic carbocycles. The molecule has 1 aliphatic heterocycles. The van der Waals surface area contributed by atoms with Crippen molar-refractivity contribution in [2.75, 3.05) is 19.7 Å². The molecule has 0 bridgehead atoms. The van der Waals surface area contributed by atoms with Crippen LogP contribution in [0.4, 0.5) is 4.39 Å². The van der Waals surface area contributed by atoms with E-state index in [1.807, 2.05) is 6.07 Å². The fourth-order valence-electron chi connectivity index (χ4n) is 2.84. The van der Waals surface area contributed by atoms with Gasteiger partial charge in [-0.05, 0) is 48.6 Å². The summed E-state index contributed by atoms with van der Waals surface area (Å²) in [7, 11) is 0. The van der Waals surface area contributed by atoms with E-state index in [0.29, 0.717) is 17.9 Å². The summed E-state index contributed by atoms with van der Waals surface area (Å²) >= 11 is 0. The summed E-state index contributed by atoms with van der Waals surface area (Å²) in [6, 6.07) is 5.00. The van der Waals surface area contributed by atoms with E-state index in [4.69, 9.17) is 5.11 Å². The fraction of sp³-hybridized carbons (Fsp3) is 0.556. The second kappa shape index (κ2) is 7.59. The van der Waals surface area contributed by atoms with Gasteiger partial charge in [0.2, 0.25) is 0 Å². The number of hydrogen-bond acceptors (Lipinski definition) is 2. The Hall–Kier alpha value is -1.37. The van der Waals surface area contributed by atoms with E-state index in [1.165, 1.54) is 12.5 Å². The highest BCUT2D eigenvalue weighted by atomic mass is 19.1. The molecule has 3 heteroatoms. The zero-order valence-electron chi connectivity index (χ0n) is 12.9. The Morgan fingerprint density at radius 1 is 1.38 bits per heavy atom. The van der Waals surface area contributed by atoms with Gasteiger partial charge in [0.15, 0.2) is 0 Å². The second-order valence-corrected chi connectivity index (χ2v) is 6.15. The molecule has 1 atom stereocenters. The third-order valence-corrected chi connectivity index (χ3v) is 4.08. The normalized spacial score (nSPS) is 18.8. The first-order chi connectivity index (χ1) is 10.1. The van der Waals surface area contributed by atoms with Crippen LogP contribution in [-0.2, 0) is 6.54 Å². The number of aliphatic hydroxyl groups excluding tert-OH is 1. The van der Waals surface area contributed by atoms with Crippen molar-refractivity contribution in [2.45, 2.75) is 33.2 Å². The van der Waals surface area contributed by atoms with Crippen LogP contribution < -0.4 is 0 Å². The van der Waals surface area contributed by atoms with E-state index < -0.39 is 0 Å². The van der Waals surface area contributed by atoms with Crippen molar-refractivity contribution in [3.8, 4) is 11.8 Å². The number of halogens is 1. The minimum Gasteiger partial charge on any atom is -0.395 e. The lowest BCUT2D eigenvalue weighted by Gasteiger charge is -2.18. The van der Waals surface area contributed by atoms with Gasteiger partial charge in [0.1, 0.15) is 5.82 Å². The number of hydrogen-bond donors (Lipinski definition) is 1. The Bertz CT molecular complexity index is 530. The van der Waals surface area contributed by atoms with Gasteiger partial charge in [0, 0.05) is 25.1 Å². The molecular formula is C18H24FNO. The molecule has 21 heavy (non-hydrogen) atoms. The number of rotatable bonds is 4. The van der Waals surface area contributed by atoms with Crippen molar-refractivity contribution in [3.05, 3.63) is 35.1 Å². The Morgan fingerprint density at radius 3 is 2.86 bits per heavy atom. The molecule has 1 aromatic rings. The van der Waals surface area contributed by atoms with Gasteiger partial charge in [-0.1, -0.05) is 25.7 Å². The average molecular weight is 289 g/mol. The van der Waals surface area contributed by atoms with E-state index in [-0.39, 0.29) is 12.4 Å². The smallest absolute Gasteiger partial charge is 0.124 e. The summed E-state index contributed by atoms with van der Waals surface area (Å²) in [5, 5.41) is 8.73. The highest BCUT2D eigenvalue weighted by molar-refractivity contribution is 5.37. The second-order valence-electron chi connectivity index (χ2n) is 6.15. The molecule has 114 valence electrons. The number of benzene rings is 1. The lowest BCUT2D eigenvalue weighted by atomic mass is 9.95. The van der Waals surface area contributed by atoms with Crippen LogP contribution in [0.15, 0.2) is 18.2 Å². The minimum atomic E-state index is -0.236. The Morgan fingerprint density at radius 2 is 2.19 bits per heavy atom. The average Bonchev–Trinajstić information content (AvgIpc) is 2.87. The summed E-state index contributed by atoms with van der Waals surface area (Å²) in [6.07, 6.45) is 1.66. The monoisotopic (exact) mass is 289 g/mol. The van der Waals surface area contributed by atoms with Crippen LogP contribution in [-0.4, -0.2) is 29.7 Å². The van der Waals surface area contributed by atoms with Crippen molar-refractivity contribution >= 4 is 0 Å². The maximum atomic E-state index is 13.7. The molecular weight excluding hydrogens is 265 g/mol. The predicted octanol–water partition coefficient (Wildman–Crippen LogP) is 3.04. The molecule has 0 spiro atoms. The molecule has 0 radical (unpaired) electrons. The molecule has 0 aromatic heterocycles. The van der Waals surface area contributed by atoms with Gasteiger partial charge in [-0.25, -0.2) is 4.39 Å². The van der Waals surface area contributed by atoms with E-state index in [2.05, 4.69) is 30.6 Å². The van der Waals surface area contributed by atoms with Crippen molar-refractivity contribution in [3.63, 3.8) is 0 Å². The third-order valence-electron chi connectivity index (χ3n) is 4.08. The molecule has 1 unspecified atom stereocenters. The zero-order valence-corrected chi connectivity index (χ0v) is 12.9.